The summed E-state index contributed by atoms with van der Waals surface area (Å²) in [5, 5.41) is 9.23. The Morgan fingerprint density at radius 2 is 1.45 bits per heavy atom. The van der Waals surface area contributed by atoms with Crippen molar-refractivity contribution in [2.75, 3.05) is 0 Å². The Morgan fingerprint density at radius 3 is 2.00 bits per heavy atom. The summed E-state index contributed by atoms with van der Waals surface area (Å²) in [6.07, 6.45) is 4.74. The van der Waals surface area contributed by atoms with E-state index in [1.54, 1.807) is 12.1 Å². The fourth-order valence-electron chi connectivity index (χ4n) is 5.06. The Kier molecular flexibility index (Phi) is 5.60. The van der Waals surface area contributed by atoms with Crippen LogP contribution in [0.15, 0.2) is 97.6 Å². The molecule has 3 aromatic carbocycles. The van der Waals surface area contributed by atoms with Gasteiger partial charge in [0.05, 0.1) is 16.4 Å². The lowest BCUT2D eigenvalue weighted by Gasteiger charge is -2.46. The van der Waals surface area contributed by atoms with Gasteiger partial charge in [-0.25, -0.2) is 4.79 Å². The van der Waals surface area contributed by atoms with E-state index in [1.165, 1.54) is 0 Å². The number of aromatic carboxylic acids is 1. The van der Waals surface area contributed by atoms with Crippen LogP contribution in [0, 0.1) is 0 Å². The second kappa shape index (κ2) is 8.35. The number of hydrogen-bond donors (Lipinski definition) is 1. The van der Waals surface area contributed by atoms with E-state index in [4.69, 9.17) is 0 Å². The molecule has 1 aliphatic rings. The highest BCUT2D eigenvalue weighted by Crippen LogP contribution is 2.49. The van der Waals surface area contributed by atoms with Gasteiger partial charge in [0.15, 0.2) is 5.78 Å². The van der Waals surface area contributed by atoms with Crippen molar-refractivity contribution < 1.29 is 14.7 Å². The monoisotopic (exact) mass is 410 g/mol. The first-order valence-electron chi connectivity index (χ1n) is 10.6. The Labute approximate surface area is 183 Å². The summed E-state index contributed by atoms with van der Waals surface area (Å²) in [4.78, 5) is 25.7. The SMILES string of the molecule is C=C[C@@]1(c2ccccc2)CCC[C@@](Cc2ccc(C(=O)O)cc2)(c2ccccc2)C1=O. The van der Waals surface area contributed by atoms with Gasteiger partial charge in [0.2, 0.25) is 0 Å². The third-order valence-electron chi connectivity index (χ3n) is 6.69. The molecule has 0 unspecified atom stereocenters. The van der Waals surface area contributed by atoms with Gasteiger partial charge in [-0.1, -0.05) is 85.3 Å². The number of benzene rings is 3. The van der Waals surface area contributed by atoms with Crippen molar-refractivity contribution in [1.29, 1.82) is 0 Å². The van der Waals surface area contributed by atoms with Crippen LogP contribution in [0.1, 0.15) is 46.3 Å². The van der Waals surface area contributed by atoms with Gasteiger partial charge in [-0.3, -0.25) is 4.79 Å². The van der Waals surface area contributed by atoms with Gasteiger partial charge in [-0.2, -0.15) is 0 Å². The van der Waals surface area contributed by atoms with Gasteiger partial charge in [-0.05, 0) is 48.1 Å². The van der Waals surface area contributed by atoms with Gasteiger partial charge in [0, 0.05) is 0 Å². The summed E-state index contributed by atoms with van der Waals surface area (Å²) in [7, 11) is 0. The van der Waals surface area contributed by atoms with E-state index in [-0.39, 0.29) is 11.3 Å². The standard InChI is InChI=1S/C28H26O3/c1-2-27(23-10-5-3-6-11-23)18-9-19-28(26(27)31,24-12-7-4-8-13-24)20-21-14-16-22(17-15-21)25(29)30/h2-8,10-17H,1,9,18-20H2,(H,29,30)/t27-,28+/m0/s1. The minimum Gasteiger partial charge on any atom is -0.478 e. The molecule has 3 heteroatoms. The van der Waals surface area contributed by atoms with Crippen LogP contribution in [0.4, 0.5) is 0 Å². The zero-order valence-electron chi connectivity index (χ0n) is 17.5. The summed E-state index contributed by atoms with van der Waals surface area (Å²) in [6.45, 7) is 4.09. The predicted molar refractivity (Wildman–Crippen MR) is 122 cm³/mol. The van der Waals surface area contributed by atoms with Crippen LogP contribution in [0.2, 0.25) is 0 Å². The zero-order valence-corrected chi connectivity index (χ0v) is 17.5. The molecule has 0 aromatic heterocycles. The molecule has 1 saturated carbocycles. The van der Waals surface area contributed by atoms with Crippen molar-refractivity contribution in [1.82, 2.24) is 0 Å². The van der Waals surface area contributed by atoms with E-state index >= 15 is 0 Å². The smallest absolute Gasteiger partial charge is 0.335 e. The molecule has 0 spiro atoms. The summed E-state index contributed by atoms with van der Waals surface area (Å²) in [5.41, 5.74) is 1.75. The van der Waals surface area contributed by atoms with Crippen molar-refractivity contribution >= 4 is 11.8 Å². The molecule has 0 radical (unpaired) electrons. The highest BCUT2D eigenvalue weighted by Gasteiger charge is 2.53. The normalized spacial score (nSPS) is 23.3. The number of ketones is 1. The third kappa shape index (κ3) is 3.61. The van der Waals surface area contributed by atoms with Crippen molar-refractivity contribution in [3.63, 3.8) is 0 Å². The quantitative estimate of drug-likeness (QED) is 0.527. The Bertz CT molecular complexity index is 1090. The molecule has 1 N–H and O–H groups in total. The fraction of sp³-hybridized carbons (Fsp3) is 0.214. The lowest BCUT2D eigenvalue weighted by atomic mass is 9.55. The van der Waals surface area contributed by atoms with E-state index in [2.05, 4.69) is 6.58 Å². The molecule has 0 amide bonds. The average Bonchev–Trinajstić information content (AvgIpc) is 2.82. The Balaban J connectivity index is 1.84. The van der Waals surface area contributed by atoms with Gasteiger partial charge in [0.1, 0.15) is 0 Å². The first-order valence-corrected chi connectivity index (χ1v) is 10.6. The lowest BCUT2D eigenvalue weighted by Crippen LogP contribution is -2.53. The van der Waals surface area contributed by atoms with E-state index in [0.29, 0.717) is 6.42 Å². The van der Waals surface area contributed by atoms with E-state index in [9.17, 15) is 14.7 Å². The molecule has 3 nitrogen and oxygen atoms in total. The highest BCUT2D eigenvalue weighted by atomic mass is 16.4. The number of hydrogen-bond acceptors (Lipinski definition) is 2. The van der Waals surface area contributed by atoms with Crippen LogP contribution >= 0.6 is 0 Å². The lowest BCUT2D eigenvalue weighted by molar-refractivity contribution is -0.131. The van der Waals surface area contributed by atoms with E-state index < -0.39 is 16.8 Å². The van der Waals surface area contributed by atoms with Crippen molar-refractivity contribution in [3.05, 3.63) is 120 Å². The van der Waals surface area contributed by atoms with Crippen LogP contribution in [-0.2, 0) is 22.0 Å². The predicted octanol–water partition coefficient (Wildman–Crippen LogP) is 5.74. The summed E-state index contributed by atoms with van der Waals surface area (Å²) in [5.74, 6) is -0.784. The van der Waals surface area contributed by atoms with Gasteiger partial charge in [0.25, 0.3) is 0 Å². The second-order valence-electron chi connectivity index (χ2n) is 8.35. The third-order valence-corrected chi connectivity index (χ3v) is 6.69. The zero-order chi connectivity index (χ0) is 21.9. The molecule has 0 saturated heterocycles. The van der Waals surface area contributed by atoms with Crippen molar-refractivity contribution in [2.24, 2.45) is 0 Å². The van der Waals surface area contributed by atoms with Crippen LogP contribution in [0.25, 0.3) is 0 Å². The molecule has 0 aliphatic heterocycles. The summed E-state index contributed by atoms with van der Waals surface area (Å²) >= 11 is 0. The van der Waals surface area contributed by atoms with E-state index in [1.807, 2.05) is 78.9 Å². The Hall–Kier alpha value is -3.46. The maximum absolute atomic E-state index is 14.4. The van der Waals surface area contributed by atoms with Crippen LogP contribution in [0.3, 0.4) is 0 Å². The fourth-order valence-corrected chi connectivity index (χ4v) is 5.06. The van der Waals surface area contributed by atoms with Crippen LogP contribution in [-0.4, -0.2) is 16.9 Å². The molecule has 1 aliphatic carbocycles. The van der Waals surface area contributed by atoms with Crippen LogP contribution in [0.5, 0.6) is 0 Å². The van der Waals surface area contributed by atoms with E-state index in [0.717, 1.165) is 36.0 Å². The molecule has 3 aromatic rings. The van der Waals surface area contributed by atoms with Gasteiger partial charge >= 0.3 is 5.97 Å². The topological polar surface area (TPSA) is 54.4 Å². The van der Waals surface area contributed by atoms with Crippen LogP contribution < -0.4 is 0 Å². The number of carbonyl (C=O) groups is 2. The number of Topliss-reactive ketones (excluding diaryl/α,β-unsaturated/α-hetero) is 1. The number of allylic oxidation sites excluding steroid dienone is 1. The number of carboxylic acids is 1. The largest absolute Gasteiger partial charge is 0.478 e. The molecule has 0 heterocycles. The number of rotatable bonds is 6. The van der Waals surface area contributed by atoms with Crippen molar-refractivity contribution in [2.45, 2.75) is 36.5 Å². The maximum atomic E-state index is 14.4. The second-order valence-corrected chi connectivity index (χ2v) is 8.35. The number of carboxylic acid groups (broad SMARTS) is 1. The van der Waals surface area contributed by atoms with Gasteiger partial charge < -0.3 is 5.11 Å². The first kappa shape index (κ1) is 20.8. The molecule has 156 valence electrons. The average molecular weight is 411 g/mol. The molecular formula is C28H26O3. The Morgan fingerprint density at radius 1 is 0.871 bits per heavy atom. The highest BCUT2D eigenvalue weighted by molar-refractivity contribution is 6.01. The molecule has 31 heavy (non-hydrogen) atoms. The maximum Gasteiger partial charge on any atom is 0.335 e. The van der Waals surface area contributed by atoms with Gasteiger partial charge in [-0.15, -0.1) is 6.58 Å². The minimum atomic E-state index is -0.951. The molecular weight excluding hydrogens is 384 g/mol. The molecule has 4 rings (SSSR count). The molecule has 1 fully saturated rings. The molecule has 0 bridgehead atoms. The van der Waals surface area contributed by atoms with Crippen molar-refractivity contribution in [3.8, 4) is 0 Å². The summed E-state index contributed by atoms with van der Waals surface area (Å²) < 4.78 is 0. The first-order chi connectivity index (χ1) is 15.0. The minimum absolute atomic E-state index is 0.168. The summed E-state index contributed by atoms with van der Waals surface area (Å²) in [6, 6.07) is 26.8. The number of carbonyl (C=O) groups excluding carboxylic acids is 1. The molecule has 2 atom stereocenters.